The third-order valence-corrected chi connectivity index (χ3v) is 3.06. The summed E-state index contributed by atoms with van der Waals surface area (Å²) < 4.78 is 11.0. The summed E-state index contributed by atoms with van der Waals surface area (Å²) in [6.07, 6.45) is -0.528. The van der Waals surface area contributed by atoms with Gasteiger partial charge in [0.15, 0.2) is 0 Å². The highest BCUT2D eigenvalue weighted by molar-refractivity contribution is 5.96. The Labute approximate surface area is 129 Å². The number of nitrogens with two attached hydrogens (primary N) is 1. The lowest BCUT2D eigenvalue weighted by molar-refractivity contribution is -0.0223. The Bertz CT molecular complexity index is 562. The van der Waals surface area contributed by atoms with Crippen LogP contribution in [0.1, 0.15) is 31.1 Å². The lowest BCUT2D eigenvalue weighted by Crippen LogP contribution is -2.57. The molecule has 0 spiro atoms. The molecule has 0 unspecified atom stereocenters. The Hall–Kier alpha value is -2.28. The van der Waals surface area contributed by atoms with Crippen molar-refractivity contribution >= 4 is 12.0 Å². The molecule has 0 aromatic heterocycles. The Morgan fingerprint density at radius 1 is 1.27 bits per heavy atom. The maximum absolute atomic E-state index is 11.8. The number of nitrogens with one attached hydrogen (secondary N) is 1. The average molecular weight is 307 g/mol. The summed E-state index contributed by atoms with van der Waals surface area (Å²) in [5.41, 5.74) is 1.92. The topological polar surface area (TPSA) is 93.9 Å². The second-order valence-electron chi connectivity index (χ2n) is 6.09. The highest BCUT2D eigenvalue weighted by Gasteiger charge is 2.35. The normalized spacial score (nSPS) is 15.0. The van der Waals surface area contributed by atoms with Crippen LogP contribution in [0.5, 0.6) is 5.75 Å². The zero-order valence-corrected chi connectivity index (χ0v) is 13.0. The number of hydrogen-bond donors (Lipinski definition) is 2. The first kappa shape index (κ1) is 16.1. The van der Waals surface area contributed by atoms with E-state index >= 15 is 0 Å². The number of hydrogen-bond acceptors (Lipinski definition) is 5. The van der Waals surface area contributed by atoms with Gasteiger partial charge in [0.25, 0.3) is 5.91 Å². The molecule has 1 aliphatic heterocycles. The van der Waals surface area contributed by atoms with Crippen molar-refractivity contribution in [3.8, 4) is 5.75 Å². The van der Waals surface area contributed by atoms with Crippen LogP contribution in [0.15, 0.2) is 24.3 Å². The lowest BCUT2D eigenvalue weighted by Gasteiger charge is -2.39. The predicted octanol–water partition coefficient (Wildman–Crippen LogP) is 1.29. The van der Waals surface area contributed by atoms with E-state index in [0.717, 1.165) is 0 Å². The highest BCUT2D eigenvalue weighted by Crippen LogP contribution is 2.23. The van der Waals surface area contributed by atoms with Crippen LogP contribution in [0.25, 0.3) is 0 Å². The number of carbonyl (C=O) groups is 2. The lowest BCUT2D eigenvalue weighted by atomic mass is 10.1. The minimum Gasteiger partial charge on any atom is -0.486 e. The molecule has 2 amide bonds. The van der Waals surface area contributed by atoms with Gasteiger partial charge in [-0.2, -0.15) is 0 Å². The molecule has 7 heteroatoms. The first-order valence-corrected chi connectivity index (χ1v) is 7.04. The van der Waals surface area contributed by atoms with Crippen molar-refractivity contribution in [3.05, 3.63) is 29.8 Å². The Kier molecular flexibility index (Phi) is 4.56. The molecular formula is C15H21N3O4. The highest BCUT2D eigenvalue weighted by atomic mass is 16.6. The standard InChI is InChI=1S/C15H21N3O4/c1-15(2,3)22-14(20)18-8-10(9-18)21-12-7-5-4-6-11(12)13(19)17-16/h4-7,10H,8-9,16H2,1-3H3,(H,17,19). The molecule has 0 atom stereocenters. The van der Waals surface area contributed by atoms with Crippen molar-refractivity contribution in [3.63, 3.8) is 0 Å². The number of rotatable bonds is 3. The van der Waals surface area contributed by atoms with Gasteiger partial charge in [0.2, 0.25) is 0 Å². The number of benzene rings is 1. The molecule has 0 saturated carbocycles. The molecule has 120 valence electrons. The van der Waals surface area contributed by atoms with Crippen molar-refractivity contribution in [1.29, 1.82) is 0 Å². The number of likely N-dealkylation sites (tertiary alicyclic amines) is 1. The third-order valence-electron chi connectivity index (χ3n) is 3.06. The summed E-state index contributed by atoms with van der Waals surface area (Å²) in [6.45, 7) is 6.31. The fourth-order valence-electron chi connectivity index (χ4n) is 2.00. The van der Waals surface area contributed by atoms with Crippen molar-refractivity contribution in [2.75, 3.05) is 13.1 Å². The first-order valence-electron chi connectivity index (χ1n) is 7.04. The molecule has 0 radical (unpaired) electrons. The summed E-state index contributed by atoms with van der Waals surface area (Å²) in [5, 5.41) is 0. The van der Waals surface area contributed by atoms with E-state index in [-0.39, 0.29) is 12.2 Å². The quantitative estimate of drug-likeness (QED) is 0.498. The SMILES string of the molecule is CC(C)(C)OC(=O)N1CC(Oc2ccccc2C(=O)NN)C1. The fraction of sp³-hybridized carbons (Fsp3) is 0.467. The monoisotopic (exact) mass is 307 g/mol. The molecule has 22 heavy (non-hydrogen) atoms. The van der Waals surface area contributed by atoms with Crippen molar-refractivity contribution in [2.45, 2.75) is 32.5 Å². The van der Waals surface area contributed by atoms with Crippen LogP contribution in [0, 0.1) is 0 Å². The van der Waals surface area contributed by atoms with Gasteiger partial charge in [-0.1, -0.05) is 12.1 Å². The first-order chi connectivity index (χ1) is 10.3. The number of para-hydroxylation sites is 1. The van der Waals surface area contributed by atoms with Gasteiger partial charge in [-0.25, -0.2) is 10.6 Å². The van der Waals surface area contributed by atoms with Gasteiger partial charge in [-0.3, -0.25) is 10.2 Å². The number of nitrogens with zero attached hydrogens (tertiary/aromatic N) is 1. The average Bonchev–Trinajstić information content (AvgIpc) is 2.39. The van der Waals surface area contributed by atoms with Crippen LogP contribution in [-0.2, 0) is 4.74 Å². The number of hydrazine groups is 1. The number of carbonyl (C=O) groups excluding carboxylic acids is 2. The summed E-state index contributed by atoms with van der Waals surface area (Å²) in [6, 6.07) is 6.82. The van der Waals surface area contributed by atoms with Gasteiger partial charge in [0.1, 0.15) is 17.5 Å². The predicted molar refractivity (Wildman–Crippen MR) is 80.3 cm³/mol. The molecule has 1 saturated heterocycles. The van der Waals surface area contributed by atoms with Gasteiger partial charge in [-0.05, 0) is 32.9 Å². The Balaban J connectivity index is 1.91. The molecule has 1 aromatic carbocycles. The van der Waals surface area contributed by atoms with Gasteiger partial charge >= 0.3 is 6.09 Å². The number of amides is 2. The van der Waals surface area contributed by atoms with Gasteiger partial charge in [0.05, 0.1) is 18.7 Å². The summed E-state index contributed by atoms with van der Waals surface area (Å²) in [5.74, 6) is 5.17. The smallest absolute Gasteiger partial charge is 0.410 e. The van der Waals surface area contributed by atoms with Crippen molar-refractivity contribution in [1.82, 2.24) is 10.3 Å². The third kappa shape index (κ3) is 3.88. The van der Waals surface area contributed by atoms with Gasteiger partial charge in [0, 0.05) is 0 Å². The second-order valence-corrected chi connectivity index (χ2v) is 6.09. The van der Waals surface area contributed by atoms with E-state index in [1.165, 1.54) is 0 Å². The van der Waals surface area contributed by atoms with Crippen LogP contribution >= 0.6 is 0 Å². The van der Waals surface area contributed by atoms with Crippen LogP contribution < -0.4 is 16.0 Å². The Morgan fingerprint density at radius 3 is 2.50 bits per heavy atom. The van der Waals surface area contributed by atoms with Crippen molar-refractivity contribution < 1.29 is 19.1 Å². The maximum atomic E-state index is 11.8. The van der Waals surface area contributed by atoms with Crippen LogP contribution in [0.3, 0.4) is 0 Å². The van der Waals surface area contributed by atoms with E-state index in [4.69, 9.17) is 15.3 Å². The largest absolute Gasteiger partial charge is 0.486 e. The van der Waals surface area contributed by atoms with Crippen molar-refractivity contribution in [2.24, 2.45) is 5.84 Å². The van der Waals surface area contributed by atoms with Crippen LogP contribution in [-0.4, -0.2) is 41.7 Å². The minimum absolute atomic E-state index is 0.167. The van der Waals surface area contributed by atoms with Crippen LogP contribution in [0.2, 0.25) is 0 Å². The molecule has 0 bridgehead atoms. The van der Waals surface area contributed by atoms with E-state index in [1.54, 1.807) is 29.2 Å². The molecule has 0 aliphatic carbocycles. The molecular weight excluding hydrogens is 286 g/mol. The van der Waals surface area contributed by atoms with E-state index < -0.39 is 11.5 Å². The van der Waals surface area contributed by atoms with E-state index in [9.17, 15) is 9.59 Å². The zero-order valence-electron chi connectivity index (χ0n) is 13.0. The maximum Gasteiger partial charge on any atom is 0.410 e. The van der Waals surface area contributed by atoms with E-state index in [0.29, 0.717) is 24.4 Å². The zero-order chi connectivity index (χ0) is 16.3. The van der Waals surface area contributed by atoms with E-state index in [2.05, 4.69) is 5.43 Å². The molecule has 7 nitrogen and oxygen atoms in total. The summed E-state index contributed by atoms with van der Waals surface area (Å²) in [7, 11) is 0. The molecule has 1 aliphatic rings. The summed E-state index contributed by atoms with van der Waals surface area (Å²) in [4.78, 5) is 25.0. The Morgan fingerprint density at radius 2 is 1.91 bits per heavy atom. The minimum atomic E-state index is -0.519. The van der Waals surface area contributed by atoms with Gasteiger partial charge < -0.3 is 14.4 Å². The molecule has 2 rings (SSSR count). The second kappa shape index (κ2) is 6.23. The summed E-state index contributed by atoms with van der Waals surface area (Å²) >= 11 is 0. The molecule has 1 aromatic rings. The fourth-order valence-corrected chi connectivity index (χ4v) is 2.00. The van der Waals surface area contributed by atoms with E-state index in [1.807, 2.05) is 20.8 Å². The van der Waals surface area contributed by atoms with Gasteiger partial charge in [-0.15, -0.1) is 0 Å². The number of nitrogen functional groups attached to an aromatic ring is 1. The molecule has 1 heterocycles. The van der Waals surface area contributed by atoms with Crippen LogP contribution in [0.4, 0.5) is 4.79 Å². The molecule has 3 N–H and O–H groups in total. The number of ether oxygens (including phenoxy) is 2. The molecule has 1 fully saturated rings.